The van der Waals surface area contributed by atoms with E-state index in [9.17, 15) is 22.8 Å². The minimum absolute atomic E-state index is 0.159. The average molecular weight is 358 g/mol. The number of urea groups is 1. The van der Waals surface area contributed by atoms with Gasteiger partial charge in [-0.05, 0) is 31.2 Å². The first-order valence-corrected chi connectivity index (χ1v) is 8.83. The molecule has 0 bridgehead atoms. The molecular weight excluding hydrogens is 344 g/mol. The SMILES string of the molecule is Cc1ccc(S(=O)(=O)N2C(=O)CC(=O)N(c3ccccc3)C2=O)cc1. The van der Waals surface area contributed by atoms with Crippen molar-refractivity contribution in [3.05, 3.63) is 60.2 Å². The topological polar surface area (TPSA) is 91.8 Å². The third-order valence-electron chi connectivity index (χ3n) is 3.72. The van der Waals surface area contributed by atoms with E-state index in [2.05, 4.69) is 0 Å². The van der Waals surface area contributed by atoms with Crippen molar-refractivity contribution in [2.45, 2.75) is 18.2 Å². The maximum atomic E-state index is 12.7. The molecule has 1 aliphatic heterocycles. The summed E-state index contributed by atoms with van der Waals surface area (Å²) in [5.74, 6) is -1.83. The highest BCUT2D eigenvalue weighted by Crippen LogP contribution is 2.26. The monoisotopic (exact) mass is 358 g/mol. The molecule has 0 aliphatic carbocycles. The molecule has 0 radical (unpaired) electrons. The molecule has 0 atom stereocenters. The number of carbonyl (C=O) groups is 3. The number of rotatable bonds is 3. The zero-order valence-electron chi connectivity index (χ0n) is 13.2. The average Bonchev–Trinajstić information content (AvgIpc) is 2.55. The molecule has 128 valence electrons. The molecule has 3 rings (SSSR count). The van der Waals surface area contributed by atoms with Crippen LogP contribution in [0.1, 0.15) is 12.0 Å². The van der Waals surface area contributed by atoms with Gasteiger partial charge in [0.15, 0.2) is 0 Å². The summed E-state index contributed by atoms with van der Waals surface area (Å²) in [5, 5.41) is 0. The second-order valence-corrected chi connectivity index (χ2v) is 7.29. The van der Waals surface area contributed by atoms with Crippen LogP contribution < -0.4 is 4.90 Å². The van der Waals surface area contributed by atoms with Crippen LogP contribution in [0.15, 0.2) is 59.5 Å². The Bertz CT molecular complexity index is 952. The summed E-state index contributed by atoms with van der Waals surface area (Å²) in [7, 11) is -4.40. The van der Waals surface area contributed by atoms with Crippen molar-refractivity contribution >= 4 is 33.6 Å². The van der Waals surface area contributed by atoms with Crippen molar-refractivity contribution in [1.82, 2.24) is 4.31 Å². The number of carbonyl (C=O) groups excluding carboxylic acids is 3. The van der Waals surface area contributed by atoms with E-state index in [1.165, 1.54) is 24.3 Å². The molecule has 8 heteroatoms. The Morgan fingerprint density at radius 3 is 2.04 bits per heavy atom. The summed E-state index contributed by atoms with van der Waals surface area (Å²) < 4.78 is 25.7. The smallest absolute Gasteiger partial charge is 0.273 e. The van der Waals surface area contributed by atoms with Crippen molar-refractivity contribution in [3.8, 4) is 0 Å². The number of para-hydroxylation sites is 1. The number of benzene rings is 2. The van der Waals surface area contributed by atoms with Gasteiger partial charge in [0.2, 0.25) is 5.91 Å². The van der Waals surface area contributed by atoms with Gasteiger partial charge in [-0.3, -0.25) is 9.59 Å². The predicted molar refractivity (Wildman–Crippen MR) is 89.2 cm³/mol. The molecule has 2 aromatic rings. The number of aryl methyl sites for hydroxylation is 1. The summed E-state index contributed by atoms with van der Waals surface area (Å²) in [4.78, 5) is 37.5. The predicted octanol–water partition coefficient (Wildman–Crippen LogP) is 2.07. The summed E-state index contributed by atoms with van der Waals surface area (Å²) in [6.07, 6.45) is -0.703. The molecule has 1 saturated heterocycles. The van der Waals surface area contributed by atoms with Crippen molar-refractivity contribution in [2.24, 2.45) is 0 Å². The number of hydrogen-bond donors (Lipinski definition) is 0. The van der Waals surface area contributed by atoms with Gasteiger partial charge in [0, 0.05) is 0 Å². The summed E-state index contributed by atoms with van der Waals surface area (Å²) in [6, 6.07) is 12.4. The number of amides is 4. The van der Waals surface area contributed by atoms with E-state index in [0.29, 0.717) is 4.90 Å². The normalized spacial score (nSPS) is 15.6. The standard InChI is InChI=1S/C17H14N2O5S/c1-12-7-9-14(10-8-12)25(23,24)19-16(21)11-15(20)18(17(19)22)13-5-3-2-4-6-13/h2-10H,11H2,1H3. The zero-order valence-corrected chi connectivity index (χ0v) is 14.1. The Kier molecular flexibility index (Phi) is 4.13. The molecule has 1 heterocycles. The van der Waals surface area contributed by atoms with Gasteiger partial charge < -0.3 is 0 Å². The van der Waals surface area contributed by atoms with E-state index in [-0.39, 0.29) is 14.9 Å². The van der Waals surface area contributed by atoms with Crippen LogP contribution in [0.2, 0.25) is 0 Å². The number of imide groups is 2. The first kappa shape index (κ1) is 16.8. The molecule has 7 nitrogen and oxygen atoms in total. The lowest BCUT2D eigenvalue weighted by atomic mass is 10.2. The van der Waals surface area contributed by atoms with Gasteiger partial charge in [0.1, 0.15) is 6.42 Å². The molecule has 1 fully saturated rings. The van der Waals surface area contributed by atoms with E-state index in [0.717, 1.165) is 5.56 Å². The first-order valence-electron chi connectivity index (χ1n) is 7.39. The molecule has 0 aromatic heterocycles. The minimum atomic E-state index is -4.40. The molecular formula is C17H14N2O5S. The molecule has 1 aliphatic rings. The van der Waals surface area contributed by atoms with Crippen molar-refractivity contribution in [3.63, 3.8) is 0 Å². The highest BCUT2D eigenvalue weighted by atomic mass is 32.2. The number of sulfonamides is 1. The fraction of sp³-hybridized carbons (Fsp3) is 0.118. The lowest BCUT2D eigenvalue weighted by Crippen LogP contribution is -2.57. The Labute approximate surface area is 144 Å². The fourth-order valence-electron chi connectivity index (χ4n) is 2.47. The quantitative estimate of drug-likeness (QED) is 0.783. The van der Waals surface area contributed by atoms with Crippen LogP contribution in [0.5, 0.6) is 0 Å². The van der Waals surface area contributed by atoms with Crippen LogP contribution in [-0.2, 0) is 19.6 Å². The largest absolute Gasteiger partial charge is 0.352 e. The van der Waals surface area contributed by atoms with Gasteiger partial charge in [-0.25, -0.2) is 18.1 Å². The van der Waals surface area contributed by atoms with Gasteiger partial charge in [-0.15, -0.1) is 0 Å². The highest BCUT2D eigenvalue weighted by molar-refractivity contribution is 7.90. The van der Waals surface area contributed by atoms with E-state index in [1.54, 1.807) is 37.3 Å². The number of barbiturate groups is 1. The Morgan fingerprint density at radius 2 is 1.44 bits per heavy atom. The third-order valence-corrected chi connectivity index (χ3v) is 5.43. The number of hydrogen-bond acceptors (Lipinski definition) is 5. The van der Waals surface area contributed by atoms with E-state index in [4.69, 9.17) is 0 Å². The van der Waals surface area contributed by atoms with Crippen LogP contribution in [0.25, 0.3) is 0 Å². The molecule has 0 N–H and O–H groups in total. The second kappa shape index (κ2) is 6.14. The molecule has 0 unspecified atom stereocenters. The van der Waals surface area contributed by atoms with Crippen molar-refractivity contribution in [2.75, 3.05) is 4.90 Å². The maximum absolute atomic E-state index is 12.7. The highest BCUT2D eigenvalue weighted by Gasteiger charge is 2.45. The molecule has 2 aromatic carbocycles. The van der Waals surface area contributed by atoms with Gasteiger partial charge >= 0.3 is 6.03 Å². The lowest BCUT2D eigenvalue weighted by Gasteiger charge is -2.31. The van der Waals surface area contributed by atoms with Crippen LogP contribution in [0, 0.1) is 6.92 Å². The molecule has 0 spiro atoms. The Balaban J connectivity index is 2.06. The minimum Gasteiger partial charge on any atom is -0.273 e. The first-order chi connectivity index (χ1) is 11.8. The lowest BCUT2D eigenvalue weighted by molar-refractivity contribution is -0.131. The molecule has 0 saturated carbocycles. The Morgan fingerprint density at radius 1 is 0.840 bits per heavy atom. The van der Waals surface area contributed by atoms with Gasteiger partial charge in [0.05, 0.1) is 10.6 Å². The van der Waals surface area contributed by atoms with Crippen molar-refractivity contribution in [1.29, 1.82) is 0 Å². The molecule has 25 heavy (non-hydrogen) atoms. The van der Waals surface area contributed by atoms with Crippen LogP contribution in [-0.4, -0.2) is 30.6 Å². The van der Waals surface area contributed by atoms with E-state index >= 15 is 0 Å². The third kappa shape index (κ3) is 2.91. The van der Waals surface area contributed by atoms with Gasteiger partial charge in [-0.2, -0.15) is 4.31 Å². The van der Waals surface area contributed by atoms with Crippen LogP contribution in [0.4, 0.5) is 10.5 Å². The van der Waals surface area contributed by atoms with Crippen LogP contribution >= 0.6 is 0 Å². The second-order valence-electron chi connectivity index (χ2n) is 5.50. The fourth-order valence-corrected chi connectivity index (χ4v) is 3.78. The summed E-state index contributed by atoms with van der Waals surface area (Å²) >= 11 is 0. The number of nitrogens with zero attached hydrogens (tertiary/aromatic N) is 2. The Hall–Kier alpha value is -3.00. The van der Waals surface area contributed by atoms with E-state index < -0.39 is 34.3 Å². The van der Waals surface area contributed by atoms with Gasteiger partial charge in [0.25, 0.3) is 15.9 Å². The summed E-state index contributed by atoms with van der Waals surface area (Å²) in [5.41, 5.74) is 1.03. The summed E-state index contributed by atoms with van der Waals surface area (Å²) in [6.45, 7) is 1.78. The van der Waals surface area contributed by atoms with E-state index in [1.807, 2.05) is 0 Å². The zero-order chi connectivity index (χ0) is 18.2. The maximum Gasteiger partial charge on any atom is 0.352 e. The van der Waals surface area contributed by atoms with Crippen molar-refractivity contribution < 1.29 is 22.8 Å². The molecule has 4 amide bonds. The number of anilines is 1. The van der Waals surface area contributed by atoms with Gasteiger partial charge in [-0.1, -0.05) is 35.9 Å². The van der Waals surface area contributed by atoms with Crippen LogP contribution in [0.3, 0.4) is 0 Å².